The highest BCUT2D eigenvalue weighted by Crippen LogP contribution is 2.68. The number of aromatic nitrogens is 4. The van der Waals surface area contributed by atoms with Gasteiger partial charge in [0.2, 0.25) is 15.9 Å². The van der Waals surface area contributed by atoms with Crippen LogP contribution in [0.5, 0.6) is 0 Å². The lowest BCUT2D eigenvalue weighted by Gasteiger charge is -2.26. The minimum absolute atomic E-state index is 0.00237. The fourth-order valence-corrected chi connectivity index (χ4v) is 10.0. The van der Waals surface area contributed by atoms with Crippen LogP contribution in [0.1, 0.15) is 58.7 Å². The van der Waals surface area contributed by atoms with Crippen LogP contribution in [0.4, 0.5) is 30.7 Å². The number of sulfonamides is 1. The highest BCUT2D eigenvalue weighted by atomic mass is 32.2. The molecule has 1 aliphatic heterocycles. The van der Waals surface area contributed by atoms with Gasteiger partial charge in [-0.25, -0.2) is 35.4 Å². The van der Waals surface area contributed by atoms with Gasteiger partial charge in [0.25, 0.3) is 17.9 Å². The molecule has 0 spiro atoms. The Morgan fingerprint density at radius 1 is 0.935 bits per heavy atom. The summed E-state index contributed by atoms with van der Waals surface area (Å²) in [6.07, 6.45) is -3.65. The van der Waals surface area contributed by atoms with Crippen LogP contribution < -0.4 is 10.9 Å². The molecule has 1 saturated carbocycles. The number of benzene rings is 4. The summed E-state index contributed by atoms with van der Waals surface area (Å²) in [6.45, 7) is 1.34. The van der Waals surface area contributed by atoms with E-state index in [1.165, 1.54) is 46.8 Å². The van der Waals surface area contributed by atoms with Crippen molar-refractivity contribution in [2.45, 2.75) is 55.5 Å². The summed E-state index contributed by atoms with van der Waals surface area (Å²) >= 11 is 0. The largest absolute Gasteiger partial charge is 0.379 e. The predicted octanol–water partition coefficient (Wildman–Crippen LogP) is 7.24. The van der Waals surface area contributed by atoms with Crippen molar-refractivity contribution in [3.8, 4) is 16.8 Å². The van der Waals surface area contributed by atoms with Crippen molar-refractivity contribution < 1.29 is 48.7 Å². The van der Waals surface area contributed by atoms with Crippen LogP contribution >= 0.6 is 0 Å². The molecule has 62 heavy (non-hydrogen) atoms. The zero-order chi connectivity index (χ0) is 43.8. The fourth-order valence-electron chi connectivity index (χ4n) is 8.63. The van der Waals surface area contributed by atoms with Gasteiger partial charge in [-0.05, 0) is 102 Å². The second-order valence-corrected chi connectivity index (χ2v) is 17.5. The first-order valence-electron chi connectivity index (χ1n) is 19.5. The average Bonchev–Trinajstić information content (AvgIpc) is 3.88. The molecule has 19 heteroatoms. The van der Waals surface area contributed by atoms with E-state index in [-0.39, 0.29) is 71.2 Å². The molecule has 2 unspecified atom stereocenters. The number of hydrogen-bond donors (Lipinski definition) is 1. The first kappa shape index (κ1) is 41.4. The monoisotopic (exact) mass is 880 g/mol. The first-order valence-corrected chi connectivity index (χ1v) is 21.0. The zero-order valence-corrected chi connectivity index (χ0v) is 33.4. The van der Waals surface area contributed by atoms with Gasteiger partial charge in [-0.15, -0.1) is 0 Å². The molecule has 1 amide bonds. The van der Waals surface area contributed by atoms with Gasteiger partial charge in [0.1, 0.15) is 41.2 Å². The summed E-state index contributed by atoms with van der Waals surface area (Å²) in [5, 5.41) is 6.43. The Bertz CT molecular complexity index is 2930. The van der Waals surface area contributed by atoms with Gasteiger partial charge in [0.15, 0.2) is 0 Å². The van der Waals surface area contributed by atoms with Crippen LogP contribution in [-0.4, -0.2) is 64.3 Å². The average molecular weight is 881 g/mol. The van der Waals surface area contributed by atoms with E-state index in [2.05, 4.69) is 10.4 Å². The first-order chi connectivity index (χ1) is 29.5. The molecule has 4 aromatic carbocycles. The van der Waals surface area contributed by atoms with Gasteiger partial charge in [0, 0.05) is 37.1 Å². The Labute approximate surface area is 348 Å². The SMILES string of the molecule is Cc1cc(F)ccc1-c1ccc2c(=O)n(-c3ccc(S(=O)(=O)N4CCOCC4)cc3)c([C@H](Cc3cc(F)cc(F)c3)NC(=O)Cn3nc(C(F)F)c4c3C(F)(F)C3CC43)nc2c1. The summed E-state index contributed by atoms with van der Waals surface area (Å²) in [6, 6.07) is 15.1. The molecule has 0 bridgehead atoms. The number of fused-ring (bicyclic) bond motifs is 4. The Balaban J connectivity index is 1.19. The topological polar surface area (TPSA) is 128 Å². The molecule has 11 nitrogen and oxygen atoms in total. The van der Waals surface area contributed by atoms with Crippen molar-refractivity contribution >= 4 is 26.8 Å². The number of morpholine rings is 1. The molecule has 3 aliphatic rings. The maximum atomic E-state index is 15.5. The predicted molar refractivity (Wildman–Crippen MR) is 210 cm³/mol. The number of nitrogens with one attached hydrogen (secondary N) is 1. The second-order valence-electron chi connectivity index (χ2n) is 15.6. The smallest absolute Gasteiger partial charge is 0.293 e. The number of hydrogen-bond acceptors (Lipinski definition) is 7. The number of alkyl halides is 4. The van der Waals surface area contributed by atoms with Gasteiger partial charge < -0.3 is 10.1 Å². The summed E-state index contributed by atoms with van der Waals surface area (Å²) in [5.41, 5.74) is -0.839. The standard InChI is InChI=1S/C43H35F7N6O5S/c1-22-14-25(44)3-9-30(22)24-2-8-31-34(18-24)52-41(56(42(31)58)28-4-6-29(7-5-28)62(59,60)54-10-12-61-13-11-54)35(17-23-15-26(45)19-27(46)16-23)51-36(57)21-55-39-37(38(53-55)40(47)48)32-20-33(32)43(39,49)50/h2-9,14-16,18-19,32-33,35,40H,10-13,17,20-21H2,1H3,(H,51,57)/t32?,33?,35-/m0/s1. The normalized spacial score (nSPS) is 18.8. The third-order valence-corrected chi connectivity index (χ3v) is 13.5. The molecule has 322 valence electrons. The summed E-state index contributed by atoms with van der Waals surface area (Å²) < 4.78 is 138. The molecule has 2 aromatic heterocycles. The Hall–Kier alpha value is -5.92. The minimum Gasteiger partial charge on any atom is -0.379 e. The van der Waals surface area contributed by atoms with E-state index in [0.29, 0.717) is 27.4 Å². The quantitative estimate of drug-likeness (QED) is 0.136. The van der Waals surface area contributed by atoms with Crippen molar-refractivity contribution in [2.75, 3.05) is 26.3 Å². The molecule has 3 heterocycles. The lowest BCUT2D eigenvalue weighted by Crippen LogP contribution is -2.40. The van der Waals surface area contributed by atoms with E-state index in [4.69, 9.17) is 9.72 Å². The number of amides is 1. The number of aryl methyl sites for hydroxylation is 1. The number of halogens is 7. The fraction of sp³-hybridized carbons (Fsp3) is 0.302. The van der Waals surface area contributed by atoms with Crippen molar-refractivity contribution in [3.63, 3.8) is 0 Å². The van der Waals surface area contributed by atoms with Crippen molar-refractivity contribution in [1.29, 1.82) is 0 Å². The molecule has 2 aliphatic carbocycles. The van der Waals surface area contributed by atoms with Crippen molar-refractivity contribution in [1.82, 2.24) is 29.0 Å². The third-order valence-electron chi connectivity index (χ3n) is 11.6. The van der Waals surface area contributed by atoms with Gasteiger partial charge in [-0.3, -0.25) is 18.8 Å². The highest BCUT2D eigenvalue weighted by molar-refractivity contribution is 7.89. The van der Waals surface area contributed by atoms with Gasteiger partial charge in [-0.2, -0.15) is 18.2 Å². The number of carbonyl (C=O) groups excluding carboxylic acids is 1. The van der Waals surface area contributed by atoms with Crippen LogP contribution in [0.15, 0.2) is 88.6 Å². The van der Waals surface area contributed by atoms with Crippen LogP contribution in [0.25, 0.3) is 27.7 Å². The molecular weight excluding hydrogens is 846 g/mol. The summed E-state index contributed by atoms with van der Waals surface area (Å²) in [4.78, 5) is 33.5. The molecule has 9 rings (SSSR count). The lowest BCUT2D eigenvalue weighted by atomic mass is 9.99. The van der Waals surface area contributed by atoms with E-state index in [9.17, 15) is 40.0 Å². The molecule has 3 atom stereocenters. The second kappa shape index (κ2) is 15.5. The number of rotatable bonds is 11. The summed E-state index contributed by atoms with van der Waals surface area (Å²) in [5.74, 6) is -9.27. The summed E-state index contributed by atoms with van der Waals surface area (Å²) in [7, 11) is -3.99. The third kappa shape index (κ3) is 7.34. The van der Waals surface area contributed by atoms with Gasteiger partial charge >= 0.3 is 0 Å². The molecule has 1 N–H and O–H groups in total. The molecule has 2 fully saturated rings. The van der Waals surface area contributed by atoms with E-state index in [0.717, 1.165) is 16.7 Å². The zero-order valence-electron chi connectivity index (χ0n) is 32.6. The molecule has 0 radical (unpaired) electrons. The number of nitrogens with zero attached hydrogens (tertiary/aromatic N) is 5. The van der Waals surface area contributed by atoms with E-state index in [1.54, 1.807) is 25.1 Å². The van der Waals surface area contributed by atoms with Crippen LogP contribution in [0.3, 0.4) is 0 Å². The van der Waals surface area contributed by atoms with Crippen molar-refractivity contribution in [2.24, 2.45) is 5.92 Å². The van der Waals surface area contributed by atoms with Crippen LogP contribution in [-0.2, 0) is 38.4 Å². The van der Waals surface area contributed by atoms with Crippen LogP contribution in [0.2, 0.25) is 0 Å². The maximum absolute atomic E-state index is 15.5. The molecule has 1 saturated heterocycles. The Morgan fingerprint density at radius 2 is 1.65 bits per heavy atom. The van der Waals surface area contributed by atoms with Crippen molar-refractivity contribution in [3.05, 3.63) is 141 Å². The lowest BCUT2D eigenvalue weighted by molar-refractivity contribution is -0.123. The van der Waals surface area contributed by atoms with E-state index in [1.807, 2.05) is 0 Å². The highest BCUT2D eigenvalue weighted by Gasteiger charge is 2.67. The number of ether oxygens (including phenoxy) is 1. The number of carbonyl (C=O) groups is 1. The Morgan fingerprint density at radius 3 is 2.32 bits per heavy atom. The van der Waals surface area contributed by atoms with E-state index < -0.39 is 93.5 Å². The maximum Gasteiger partial charge on any atom is 0.293 e. The van der Waals surface area contributed by atoms with E-state index >= 15 is 8.78 Å². The molecule has 6 aromatic rings. The van der Waals surface area contributed by atoms with Crippen LogP contribution in [0, 0.1) is 30.3 Å². The van der Waals surface area contributed by atoms with Gasteiger partial charge in [-0.1, -0.05) is 12.1 Å². The van der Waals surface area contributed by atoms with Gasteiger partial charge in [0.05, 0.1) is 40.7 Å². The molecular formula is C43H35F7N6O5S. The Kier molecular flexibility index (Phi) is 10.3. The minimum atomic E-state index is -3.99.